The van der Waals surface area contributed by atoms with Crippen molar-refractivity contribution in [1.29, 1.82) is 0 Å². The molecular formula is C8H12N2O. The number of aromatic hydroxyl groups is 1. The van der Waals surface area contributed by atoms with Crippen LogP contribution in [0.1, 0.15) is 5.56 Å². The summed E-state index contributed by atoms with van der Waals surface area (Å²) in [5.74, 6) is 0.249. The molecule has 0 spiro atoms. The van der Waals surface area contributed by atoms with E-state index in [2.05, 4.69) is 5.32 Å². The number of anilines is 1. The summed E-state index contributed by atoms with van der Waals surface area (Å²) in [6, 6.07) is 5.28. The Balaban J connectivity index is 3.13. The average molecular weight is 152 g/mol. The zero-order valence-electron chi connectivity index (χ0n) is 6.46. The van der Waals surface area contributed by atoms with E-state index in [0.717, 1.165) is 11.3 Å². The lowest BCUT2D eigenvalue weighted by Gasteiger charge is -2.07. The lowest BCUT2D eigenvalue weighted by Crippen LogP contribution is -2.01. The summed E-state index contributed by atoms with van der Waals surface area (Å²) in [4.78, 5) is 0. The summed E-state index contributed by atoms with van der Waals surface area (Å²) in [7, 11) is 1.80. The van der Waals surface area contributed by atoms with Gasteiger partial charge in [-0.2, -0.15) is 0 Å². The van der Waals surface area contributed by atoms with E-state index in [4.69, 9.17) is 5.73 Å². The van der Waals surface area contributed by atoms with Gasteiger partial charge in [-0.05, 0) is 12.1 Å². The highest BCUT2D eigenvalue weighted by Gasteiger charge is 2.02. The predicted octanol–water partition coefficient (Wildman–Crippen LogP) is 0.893. The van der Waals surface area contributed by atoms with Crippen LogP contribution in [0, 0.1) is 0 Å². The first kappa shape index (κ1) is 7.88. The molecule has 0 aliphatic carbocycles. The van der Waals surface area contributed by atoms with Crippen molar-refractivity contribution in [3.05, 3.63) is 23.8 Å². The minimum atomic E-state index is 0.249. The number of nitrogens with one attached hydrogen (secondary N) is 1. The summed E-state index contributed by atoms with van der Waals surface area (Å²) in [6.07, 6.45) is 0. The number of nitrogens with two attached hydrogens (primary N) is 1. The van der Waals surface area contributed by atoms with E-state index in [1.165, 1.54) is 0 Å². The van der Waals surface area contributed by atoms with Crippen LogP contribution in [0.3, 0.4) is 0 Å². The van der Waals surface area contributed by atoms with Crippen LogP contribution in [0.25, 0.3) is 0 Å². The Bertz CT molecular complexity index is 248. The van der Waals surface area contributed by atoms with E-state index in [0.29, 0.717) is 6.54 Å². The number of hydrogen-bond acceptors (Lipinski definition) is 3. The molecule has 0 aliphatic rings. The Hall–Kier alpha value is -1.22. The molecule has 0 radical (unpaired) electrons. The maximum Gasteiger partial charge on any atom is 0.122 e. The van der Waals surface area contributed by atoms with E-state index in [1.54, 1.807) is 19.2 Å². The molecule has 1 rings (SSSR count). The molecule has 0 saturated carbocycles. The lowest BCUT2D eigenvalue weighted by atomic mass is 10.1. The smallest absolute Gasteiger partial charge is 0.122 e. The van der Waals surface area contributed by atoms with Crippen molar-refractivity contribution in [1.82, 2.24) is 0 Å². The number of rotatable bonds is 2. The first-order valence-corrected chi connectivity index (χ1v) is 3.48. The van der Waals surface area contributed by atoms with E-state index in [9.17, 15) is 5.11 Å². The molecule has 60 valence electrons. The highest BCUT2D eigenvalue weighted by atomic mass is 16.3. The maximum atomic E-state index is 9.30. The predicted molar refractivity (Wildman–Crippen MR) is 45.5 cm³/mol. The van der Waals surface area contributed by atoms with Gasteiger partial charge in [-0.3, -0.25) is 0 Å². The standard InChI is InChI=1S/C8H12N2O/c1-10-7-3-2-4-8(11)6(7)5-9/h2-4,10-11H,5,9H2,1H3. The highest BCUT2D eigenvalue weighted by Crippen LogP contribution is 2.23. The third kappa shape index (κ3) is 1.43. The van der Waals surface area contributed by atoms with Crippen LogP contribution in [0.2, 0.25) is 0 Å². The maximum absolute atomic E-state index is 9.30. The molecule has 0 aromatic heterocycles. The summed E-state index contributed by atoms with van der Waals surface area (Å²) >= 11 is 0. The van der Waals surface area contributed by atoms with Gasteiger partial charge >= 0.3 is 0 Å². The summed E-state index contributed by atoms with van der Waals surface area (Å²) in [6.45, 7) is 0.350. The SMILES string of the molecule is CNc1cccc(O)c1CN. The zero-order chi connectivity index (χ0) is 8.27. The lowest BCUT2D eigenvalue weighted by molar-refractivity contribution is 0.469. The molecule has 0 aliphatic heterocycles. The van der Waals surface area contributed by atoms with Crippen LogP contribution in [0.4, 0.5) is 5.69 Å². The third-order valence-corrected chi connectivity index (χ3v) is 1.62. The molecule has 0 amide bonds. The first-order chi connectivity index (χ1) is 5.29. The Morgan fingerprint density at radius 1 is 1.55 bits per heavy atom. The minimum Gasteiger partial charge on any atom is -0.508 e. The molecule has 0 unspecified atom stereocenters. The third-order valence-electron chi connectivity index (χ3n) is 1.62. The van der Waals surface area contributed by atoms with Crippen molar-refractivity contribution in [2.45, 2.75) is 6.54 Å². The van der Waals surface area contributed by atoms with Gasteiger partial charge in [0.2, 0.25) is 0 Å². The van der Waals surface area contributed by atoms with Crippen molar-refractivity contribution in [2.75, 3.05) is 12.4 Å². The first-order valence-electron chi connectivity index (χ1n) is 3.48. The van der Waals surface area contributed by atoms with Crippen molar-refractivity contribution < 1.29 is 5.11 Å². The summed E-state index contributed by atoms with van der Waals surface area (Å²) < 4.78 is 0. The normalized spacial score (nSPS) is 9.64. The monoisotopic (exact) mass is 152 g/mol. The van der Waals surface area contributed by atoms with Crippen LogP contribution in [-0.4, -0.2) is 12.2 Å². The number of benzene rings is 1. The molecule has 0 atom stereocenters. The second kappa shape index (κ2) is 3.25. The van der Waals surface area contributed by atoms with Gasteiger partial charge in [0.15, 0.2) is 0 Å². The molecule has 0 heterocycles. The molecule has 0 bridgehead atoms. The van der Waals surface area contributed by atoms with Crippen molar-refractivity contribution in [3.8, 4) is 5.75 Å². The molecule has 1 aromatic carbocycles. The zero-order valence-corrected chi connectivity index (χ0v) is 6.46. The van der Waals surface area contributed by atoms with E-state index >= 15 is 0 Å². The van der Waals surface area contributed by atoms with Gasteiger partial charge in [0.25, 0.3) is 0 Å². The van der Waals surface area contributed by atoms with Crippen molar-refractivity contribution >= 4 is 5.69 Å². The fourth-order valence-corrected chi connectivity index (χ4v) is 1.02. The number of phenols is 1. The van der Waals surface area contributed by atoms with Crippen molar-refractivity contribution in [2.24, 2.45) is 5.73 Å². The van der Waals surface area contributed by atoms with Gasteiger partial charge in [0, 0.05) is 24.8 Å². The van der Waals surface area contributed by atoms with E-state index < -0.39 is 0 Å². The Morgan fingerprint density at radius 3 is 2.73 bits per heavy atom. The van der Waals surface area contributed by atoms with Crippen LogP contribution in [0.15, 0.2) is 18.2 Å². The van der Waals surface area contributed by atoms with Gasteiger partial charge in [0.05, 0.1) is 0 Å². The Morgan fingerprint density at radius 2 is 2.27 bits per heavy atom. The van der Waals surface area contributed by atoms with Gasteiger partial charge in [0.1, 0.15) is 5.75 Å². The van der Waals surface area contributed by atoms with Crippen LogP contribution in [0.5, 0.6) is 5.75 Å². The summed E-state index contributed by atoms with van der Waals surface area (Å²) in [5.41, 5.74) is 7.07. The quantitative estimate of drug-likeness (QED) is 0.590. The second-order valence-electron chi connectivity index (χ2n) is 2.26. The van der Waals surface area contributed by atoms with Crippen LogP contribution < -0.4 is 11.1 Å². The Kier molecular flexibility index (Phi) is 2.33. The van der Waals surface area contributed by atoms with Gasteiger partial charge in [-0.25, -0.2) is 0 Å². The molecule has 3 nitrogen and oxygen atoms in total. The minimum absolute atomic E-state index is 0.249. The number of hydrogen-bond donors (Lipinski definition) is 3. The topological polar surface area (TPSA) is 58.3 Å². The highest BCUT2D eigenvalue weighted by molar-refractivity contribution is 5.56. The average Bonchev–Trinajstić information content (AvgIpc) is 2.04. The van der Waals surface area contributed by atoms with E-state index in [1.807, 2.05) is 6.07 Å². The fourth-order valence-electron chi connectivity index (χ4n) is 1.02. The molecular weight excluding hydrogens is 140 g/mol. The van der Waals surface area contributed by atoms with Gasteiger partial charge in [-0.1, -0.05) is 6.07 Å². The fraction of sp³-hybridized carbons (Fsp3) is 0.250. The van der Waals surface area contributed by atoms with Crippen LogP contribution >= 0.6 is 0 Å². The summed E-state index contributed by atoms with van der Waals surface area (Å²) in [5, 5.41) is 12.2. The van der Waals surface area contributed by atoms with E-state index in [-0.39, 0.29) is 5.75 Å². The second-order valence-corrected chi connectivity index (χ2v) is 2.26. The molecule has 11 heavy (non-hydrogen) atoms. The number of phenolic OH excluding ortho intramolecular Hbond substituents is 1. The van der Waals surface area contributed by atoms with Crippen LogP contribution in [-0.2, 0) is 6.54 Å². The molecule has 3 heteroatoms. The Labute approximate surface area is 65.8 Å². The molecule has 4 N–H and O–H groups in total. The van der Waals surface area contributed by atoms with Gasteiger partial charge in [-0.15, -0.1) is 0 Å². The largest absolute Gasteiger partial charge is 0.508 e. The van der Waals surface area contributed by atoms with Crippen molar-refractivity contribution in [3.63, 3.8) is 0 Å². The molecule has 1 aromatic rings. The van der Waals surface area contributed by atoms with Gasteiger partial charge < -0.3 is 16.2 Å². The molecule has 0 saturated heterocycles. The molecule has 0 fully saturated rings.